The molecule has 0 saturated carbocycles. The molecule has 0 heterocycles. The van der Waals surface area contributed by atoms with Crippen molar-refractivity contribution in [2.24, 2.45) is 0 Å². The molecule has 0 amide bonds. The third-order valence-corrected chi connectivity index (χ3v) is 3.71. The van der Waals surface area contributed by atoms with E-state index in [9.17, 15) is 9.90 Å². The highest BCUT2D eigenvalue weighted by molar-refractivity contribution is 9.10. The number of carbonyl (C=O) groups excluding carboxylic acids is 1. The number of aromatic hydroxyl groups is 1. The summed E-state index contributed by atoms with van der Waals surface area (Å²) in [5.41, 5.74) is 3.20. The average Bonchev–Trinajstić information content (AvgIpc) is 2.48. The van der Waals surface area contributed by atoms with E-state index in [1.165, 1.54) is 7.11 Å². The molecule has 0 aliphatic carbocycles. The van der Waals surface area contributed by atoms with Gasteiger partial charge in [0.15, 0.2) is 0 Å². The number of esters is 1. The second-order valence-corrected chi connectivity index (χ2v) is 5.53. The van der Waals surface area contributed by atoms with E-state index in [2.05, 4.69) is 21.2 Å². The van der Waals surface area contributed by atoms with E-state index < -0.39 is 0 Å². The van der Waals surface area contributed by atoms with Gasteiger partial charge in [-0.05, 0) is 52.7 Å². The van der Waals surface area contributed by atoms with Crippen molar-refractivity contribution in [3.63, 3.8) is 0 Å². The summed E-state index contributed by atoms with van der Waals surface area (Å²) in [7, 11) is 1.37. The molecule has 0 aliphatic rings. The standard InChI is InChI=1S/C16H16BrNO3/c1-10-3-5-14(12(7-10)16(20)21-2)18-9-11-4-6-15(19)13(17)8-11/h3-8,18-19H,9H2,1-2H3. The molecule has 5 heteroatoms. The summed E-state index contributed by atoms with van der Waals surface area (Å²) in [6.07, 6.45) is 0. The van der Waals surface area contributed by atoms with Crippen molar-refractivity contribution in [3.05, 3.63) is 57.6 Å². The number of aryl methyl sites for hydroxylation is 1. The molecule has 0 radical (unpaired) electrons. The fraction of sp³-hybridized carbons (Fsp3) is 0.188. The first kappa shape index (κ1) is 15.4. The Morgan fingerprint density at radius 1 is 1.29 bits per heavy atom. The highest BCUT2D eigenvalue weighted by Crippen LogP contribution is 2.25. The smallest absolute Gasteiger partial charge is 0.339 e. The Labute approximate surface area is 131 Å². The Bertz CT molecular complexity index is 671. The van der Waals surface area contributed by atoms with Crippen LogP contribution in [-0.2, 0) is 11.3 Å². The minimum Gasteiger partial charge on any atom is -0.507 e. The van der Waals surface area contributed by atoms with Crippen LogP contribution >= 0.6 is 15.9 Å². The number of rotatable bonds is 4. The molecule has 0 unspecified atom stereocenters. The second-order valence-electron chi connectivity index (χ2n) is 4.68. The van der Waals surface area contributed by atoms with E-state index in [0.717, 1.165) is 16.8 Å². The molecule has 4 nitrogen and oxygen atoms in total. The van der Waals surface area contributed by atoms with Crippen LogP contribution in [0.1, 0.15) is 21.5 Å². The first-order valence-corrected chi connectivity index (χ1v) is 7.21. The fourth-order valence-corrected chi connectivity index (χ4v) is 2.37. The number of benzene rings is 2. The summed E-state index contributed by atoms with van der Waals surface area (Å²) in [4.78, 5) is 11.8. The molecule has 0 atom stereocenters. The number of halogens is 1. The van der Waals surface area contributed by atoms with Crippen molar-refractivity contribution in [1.82, 2.24) is 0 Å². The Balaban J connectivity index is 2.19. The number of phenolic OH excluding ortho intramolecular Hbond substituents is 1. The highest BCUT2D eigenvalue weighted by atomic mass is 79.9. The molecule has 2 N–H and O–H groups in total. The maximum absolute atomic E-state index is 11.8. The largest absolute Gasteiger partial charge is 0.507 e. The normalized spacial score (nSPS) is 10.2. The highest BCUT2D eigenvalue weighted by Gasteiger charge is 2.12. The zero-order chi connectivity index (χ0) is 15.4. The maximum Gasteiger partial charge on any atom is 0.339 e. The van der Waals surface area contributed by atoms with Crippen molar-refractivity contribution < 1.29 is 14.6 Å². The second kappa shape index (κ2) is 6.63. The maximum atomic E-state index is 11.8. The predicted molar refractivity (Wildman–Crippen MR) is 85.7 cm³/mol. The average molecular weight is 350 g/mol. The number of carbonyl (C=O) groups is 1. The van der Waals surface area contributed by atoms with Gasteiger partial charge in [-0.3, -0.25) is 0 Å². The van der Waals surface area contributed by atoms with Gasteiger partial charge in [-0.1, -0.05) is 17.7 Å². The summed E-state index contributed by atoms with van der Waals surface area (Å²) in [5.74, 6) is -0.169. The zero-order valence-electron chi connectivity index (χ0n) is 11.8. The molecule has 2 aromatic rings. The van der Waals surface area contributed by atoms with Gasteiger partial charge in [0.2, 0.25) is 0 Å². The van der Waals surface area contributed by atoms with Crippen LogP contribution in [0.25, 0.3) is 0 Å². The molecule has 0 fully saturated rings. The van der Waals surface area contributed by atoms with Gasteiger partial charge in [0.25, 0.3) is 0 Å². The van der Waals surface area contributed by atoms with Crippen LogP contribution in [0.15, 0.2) is 40.9 Å². The third-order valence-electron chi connectivity index (χ3n) is 3.08. The van der Waals surface area contributed by atoms with E-state index in [1.807, 2.05) is 31.2 Å². The van der Waals surface area contributed by atoms with Crippen molar-refractivity contribution >= 4 is 27.6 Å². The van der Waals surface area contributed by atoms with Crippen LogP contribution in [0.2, 0.25) is 0 Å². The number of methoxy groups -OCH3 is 1. The lowest BCUT2D eigenvalue weighted by atomic mass is 10.1. The molecule has 0 spiro atoms. The van der Waals surface area contributed by atoms with Crippen molar-refractivity contribution in [2.75, 3.05) is 12.4 Å². The summed E-state index contributed by atoms with van der Waals surface area (Å²) < 4.78 is 5.44. The molecule has 2 aromatic carbocycles. The summed E-state index contributed by atoms with van der Waals surface area (Å²) >= 11 is 3.28. The molecule has 0 aliphatic heterocycles. The summed E-state index contributed by atoms with van der Waals surface area (Å²) in [5, 5.41) is 12.7. The SMILES string of the molecule is COC(=O)c1cc(C)ccc1NCc1ccc(O)c(Br)c1. The molecule has 2 rings (SSSR count). The molecule has 21 heavy (non-hydrogen) atoms. The van der Waals surface area contributed by atoms with E-state index >= 15 is 0 Å². The number of anilines is 1. The zero-order valence-corrected chi connectivity index (χ0v) is 13.4. The van der Waals surface area contributed by atoms with E-state index in [0.29, 0.717) is 16.6 Å². The van der Waals surface area contributed by atoms with Gasteiger partial charge in [0, 0.05) is 12.2 Å². The van der Waals surface area contributed by atoms with Crippen LogP contribution < -0.4 is 5.32 Å². The van der Waals surface area contributed by atoms with Crippen LogP contribution in [0.5, 0.6) is 5.75 Å². The molecular weight excluding hydrogens is 334 g/mol. The third kappa shape index (κ3) is 3.76. The molecule has 0 bridgehead atoms. The van der Waals surface area contributed by atoms with E-state index in [-0.39, 0.29) is 11.7 Å². The van der Waals surface area contributed by atoms with Gasteiger partial charge in [-0.2, -0.15) is 0 Å². The van der Waals surface area contributed by atoms with Crippen LogP contribution in [0.4, 0.5) is 5.69 Å². The molecule has 0 aromatic heterocycles. The van der Waals surface area contributed by atoms with Gasteiger partial charge >= 0.3 is 5.97 Å². The van der Waals surface area contributed by atoms with E-state index in [4.69, 9.17) is 4.74 Å². The summed E-state index contributed by atoms with van der Waals surface area (Å²) in [6.45, 7) is 2.46. The predicted octanol–water partition coefficient (Wildman–Crippen LogP) is 3.86. The van der Waals surface area contributed by atoms with Crippen molar-refractivity contribution in [1.29, 1.82) is 0 Å². The minimum atomic E-state index is -0.368. The van der Waals surface area contributed by atoms with Crippen LogP contribution in [0, 0.1) is 6.92 Å². The van der Waals surface area contributed by atoms with Gasteiger partial charge in [-0.15, -0.1) is 0 Å². The quantitative estimate of drug-likeness (QED) is 0.822. The van der Waals surface area contributed by atoms with Gasteiger partial charge < -0.3 is 15.2 Å². The number of hydrogen-bond acceptors (Lipinski definition) is 4. The Morgan fingerprint density at radius 2 is 2.05 bits per heavy atom. The number of nitrogens with one attached hydrogen (secondary N) is 1. The van der Waals surface area contributed by atoms with E-state index in [1.54, 1.807) is 12.1 Å². The lowest BCUT2D eigenvalue weighted by molar-refractivity contribution is 0.0601. The number of hydrogen-bond donors (Lipinski definition) is 2. The van der Waals surface area contributed by atoms with Crippen molar-refractivity contribution in [3.8, 4) is 5.75 Å². The van der Waals surface area contributed by atoms with Gasteiger partial charge in [0.1, 0.15) is 5.75 Å². The Kier molecular flexibility index (Phi) is 4.85. The first-order chi connectivity index (χ1) is 10.0. The Hall–Kier alpha value is -2.01. The number of ether oxygens (including phenoxy) is 1. The molecular formula is C16H16BrNO3. The minimum absolute atomic E-state index is 0.198. The van der Waals surface area contributed by atoms with Gasteiger partial charge in [0.05, 0.1) is 17.1 Å². The van der Waals surface area contributed by atoms with Crippen LogP contribution in [0.3, 0.4) is 0 Å². The first-order valence-electron chi connectivity index (χ1n) is 6.41. The number of phenols is 1. The molecule has 110 valence electrons. The lowest BCUT2D eigenvalue weighted by Crippen LogP contribution is -2.08. The summed E-state index contributed by atoms with van der Waals surface area (Å²) in [6, 6.07) is 10.9. The topological polar surface area (TPSA) is 58.6 Å². The Morgan fingerprint density at radius 3 is 2.71 bits per heavy atom. The van der Waals surface area contributed by atoms with Gasteiger partial charge in [-0.25, -0.2) is 4.79 Å². The monoisotopic (exact) mass is 349 g/mol. The fourth-order valence-electron chi connectivity index (χ4n) is 1.95. The molecule has 0 saturated heterocycles. The van der Waals surface area contributed by atoms with Crippen molar-refractivity contribution in [2.45, 2.75) is 13.5 Å². The van der Waals surface area contributed by atoms with Crippen LogP contribution in [-0.4, -0.2) is 18.2 Å². The lowest BCUT2D eigenvalue weighted by Gasteiger charge is -2.12.